The Balaban J connectivity index is 2.23. The molecule has 0 atom stereocenters. The first kappa shape index (κ1) is 16.5. The van der Waals surface area contributed by atoms with Crippen molar-refractivity contribution in [3.05, 3.63) is 17.6 Å². The van der Waals surface area contributed by atoms with Gasteiger partial charge in [0.2, 0.25) is 21.7 Å². The number of furan rings is 1. The van der Waals surface area contributed by atoms with E-state index in [1.54, 1.807) is 0 Å². The SMILES string of the molecule is COC(=O)c1cc(S(=O)(=O)N2CCC(C(N)=O)CC2)c(C)o1. The number of esters is 1. The maximum Gasteiger partial charge on any atom is 0.373 e. The summed E-state index contributed by atoms with van der Waals surface area (Å²) in [5.74, 6) is -1.49. The first-order valence-electron chi connectivity index (χ1n) is 6.75. The highest BCUT2D eigenvalue weighted by Crippen LogP contribution is 2.27. The standard InChI is InChI=1S/C13H18N2O6S/c1-8-11(7-10(21-8)13(17)20-2)22(18,19)15-5-3-9(4-6-15)12(14)16/h7,9H,3-6H2,1-2H3,(H2,14,16). The van der Waals surface area contributed by atoms with Gasteiger partial charge < -0.3 is 14.9 Å². The number of nitrogens with two attached hydrogens (primary N) is 1. The van der Waals surface area contributed by atoms with Gasteiger partial charge in [0.15, 0.2) is 0 Å². The Labute approximate surface area is 128 Å². The zero-order valence-electron chi connectivity index (χ0n) is 12.4. The van der Waals surface area contributed by atoms with Gasteiger partial charge in [0.1, 0.15) is 10.7 Å². The van der Waals surface area contributed by atoms with Crippen LogP contribution in [-0.4, -0.2) is 44.8 Å². The van der Waals surface area contributed by atoms with E-state index in [4.69, 9.17) is 10.2 Å². The Bertz CT molecular complexity index is 685. The van der Waals surface area contributed by atoms with E-state index in [0.29, 0.717) is 12.8 Å². The van der Waals surface area contributed by atoms with Gasteiger partial charge in [0.05, 0.1) is 7.11 Å². The maximum atomic E-state index is 12.6. The first-order valence-corrected chi connectivity index (χ1v) is 8.19. The number of hydrogen-bond donors (Lipinski definition) is 1. The molecule has 1 aliphatic heterocycles. The second-order valence-corrected chi connectivity index (χ2v) is 7.01. The fourth-order valence-corrected chi connectivity index (χ4v) is 4.07. The van der Waals surface area contributed by atoms with Crippen LogP contribution in [0.1, 0.15) is 29.2 Å². The molecule has 1 fully saturated rings. The van der Waals surface area contributed by atoms with E-state index in [1.807, 2.05) is 0 Å². The fourth-order valence-electron chi connectivity index (χ4n) is 2.44. The van der Waals surface area contributed by atoms with Gasteiger partial charge in [-0.3, -0.25) is 4.79 Å². The van der Waals surface area contributed by atoms with Crippen molar-refractivity contribution in [2.45, 2.75) is 24.7 Å². The molecule has 0 bridgehead atoms. The van der Waals surface area contributed by atoms with Crippen molar-refractivity contribution in [1.29, 1.82) is 0 Å². The van der Waals surface area contributed by atoms with Crippen molar-refractivity contribution in [1.82, 2.24) is 4.31 Å². The molecule has 0 saturated carbocycles. The van der Waals surface area contributed by atoms with Crippen LogP contribution in [0.4, 0.5) is 0 Å². The van der Waals surface area contributed by atoms with Crippen LogP contribution in [0, 0.1) is 12.8 Å². The molecule has 1 amide bonds. The molecule has 0 radical (unpaired) electrons. The van der Waals surface area contributed by atoms with Crippen molar-refractivity contribution in [3.63, 3.8) is 0 Å². The lowest BCUT2D eigenvalue weighted by Gasteiger charge is -2.29. The number of amides is 1. The number of sulfonamides is 1. The summed E-state index contributed by atoms with van der Waals surface area (Å²) in [6.45, 7) is 1.87. The molecule has 1 aromatic rings. The summed E-state index contributed by atoms with van der Waals surface area (Å²) in [5, 5.41) is 0. The second kappa shape index (κ2) is 6.09. The molecular weight excluding hydrogens is 312 g/mol. The molecule has 0 spiro atoms. The largest absolute Gasteiger partial charge is 0.463 e. The Kier molecular flexibility index (Phi) is 4.57. The van der Waals surface area contributed by atoms with Crippen LogP contribution < -0.4 is 5.73 Å². The van der Waals surface area contributed by atoms with Gasteiger partial charge in [-0.1, -0.05) is 0 Å². The number of rotatable bonds is 4. The van der Waals surface area contributed by atoms with Crippen molar-refractivity contribution >= 4 is 21.9 Å². The van der Waals surface area contributed by atoms with E-state index in [-0.39, 0.29) is 35.4 Å². The van der Waals surface area contributed by atoms with Crippen molar-refractivity contribution in [2.24, 2.45) is 11.7 Å². The van der Waals surface area contributed by atoms with Crippen molar-refractivity contribution in [2.75, 3.05) is 20.2 Å². The Morgan fingerprint density at radius 2 is 1.95 bits per heavy atom. The number of hydrogen-bond acceptors (Lipinski definition) is 6. The molecule has 0 aromatic carbocycles. The highest BCUT2D eigenvalue weighted by atomic mass is 32.2. The minimum Gasteiger partial charge on any atom is -0.463 e. The Morgan fingerprint density at radius 3 is 2.45 bits per heavy atom. The molecule has 8 nitrogen and oxygen atoms in total. The summed E-state index contributed by atoms with van der Waals surface area (Å²) >= 11 is 0. The van der Waals surface area contributed by atoms with Gasteiger partial charge in [0.25, 0.3) is 0 Å². The minimum absolute atomic E-state index is 0.0644. The average molecular weight is 330 g/mol. The van der Waals surface area contributed by atoms with E-state index in [0.717, 1.165) is 6.07 Å². The van der Waals surface area contributed by atoms with Crippen molar-refractivity contribution in [3.8, 4) is 0 Å². The van der Waals surface area contributed by atoms with Gasteiger partial charge in [-0.05, 0) is 19.8 Å². The van der Waals surface area contributed by atoms with Crippen molar-refractivity contribution < 1.29 is 27.2 Å². The number of primary amides is 1. The predicted molar refractivity (Wildman–Crippen MR) is 75.5 cm³/mol. The third-order valence-corrected chi connectivity index (χ3v) is 5.74. The molecule has 9 heteroatoms. The zero-order chi connectivity index (χ0) is 16.5. The third kappa shape index (κ3) is 3.00. The molecule has 122 valence electrons. The highest BCUT2D eigenvalue weighted by molar-refractivity contribution is 7.89. The molecule has 1 aliphatic rings. The van der Waals surface area contributed by atoms with E-state index < -0.39 is 21.9 Å². The third-order valence-electron chi connectivity index (χ3n) is 3.73. The highest BCUT2D eigenvalue weighted by Gasteiger charge is 2.34. The average Bonchev–Trinajstić information content (AvgIpc) is 2.89. The van der Waals surface area contributed by atoms with Gasteiger partial charge >= 0.3 is 5.97 Å². The fraction of sp³-hybridized carbons (Fsp3) is 0.538. The number of ether oxygens (including phenoxy) is 1. The van der Waals surface area contributed by atoms with E-state index in [1.165, 1.54) is 18.3 Å². The number of methoxy groups -OCH3 is 1. The number of aryl methyl sites for hydroxylation is 1. The normalized spacial score (nSPS) is 17.4. The van der Waals surface area contributed by atoms with Crippen LogP contribution in [0.5, 0.6) is 0 Å². The molecule has 2 rings (SSSR count). The maximum absolute atomic E-state index is 12.6. The summed E-state index contributed by atoms with van der Waals surface area (Å²) < 4.78 is 36.1. The van der Waals surface area contributed by atoms with Crippen LogP contribution in [-0.2, 0) is 19.6 Å². The summed E-state index contributed by atoms with van der Waals surface area (Å²) in [6.07, 6.45) is 0.768. The number of carbonyl (C=O) groups is 2. The molecule has 22 heavy (non-hydrogen) atoms. The lowest BCUT2D eigenvalue weighted by molar-refractivity contribution is -0.122. The van der Waals surface area contributed by atoms with E-state index in [2.05, 4.69) is 4.74 Å². The monoisotopic (exact) mass is 330 g/mol. The molecule has 2 N–H and O–H groups in total. The molecule has 2 heterocycles. The molecule has 1 saturated heterocycles. The van der Waals surface area contributed by atoms with Gasteiger partial charge in [0, 0.05) is 25.1 Å². The van der Waals surface area contributed by atoms with E-state index in [9.17, 15) is 18.0 Å². The molecule has 1 aromatic heterocycles. The minimum atomic E-state index is -3.78. The smallest absolute Gasteiger partial charge is 0.373 e. The van der Waals surface area contributed by atoms with Gasteiger partial charge in [-0.25, -0.2) is 13.2 Å². The number of carbonyl (C=O) groups excluding carboxylic acids is 2. The predicted octanol–water partition coefficient (Wildman–Crippen LogP) is 0.261. The first-order chi connectivity index (χ1) is 10.3. The zero-order valence-corrected chi connectivity index (χ0v) is 13.2. The van der Waals surface area contributed by atoms with Crippen LogP contribution in [0.2, 0.25) is 0 Å². The Hall–Kier alpha value is -1.87. The van der Waals surface area contributed by atoms with Crippen LogP contribution in [0.25, 0.3) is 0 Å². The number of nitrogens with zero attached hydrogens (tertiary/aromatic N) is 1. The second-order valence-electron chi connectivity index (χ2n) is 5.10. The summed E-state index contributed by atoms with van der Waals surface area (Å²) in [7, 11) is -2.60. The molecule has 0 unspecified atom stereocenters. The molecule has 0 aliphatic carbocycles. The number of piperidine rings is 1. The lowest BCUT2D eigenvalue weighted by Crippen LogP contribution is -2.41. The quantitative estimate of drug-likeness (QED) is 0.791. The van der Waals surface area contributed by atoms with E-state index >= 15 is 0 Å². The Morgan fingerprint density at radius 1 is 1.36 bits per heavy atom. The summed E-state index contributed by atoms with van der Waals surface area (Å²) in [6, 6.07) is 1.16. The lowest BCUT2D eigenvalue weighted by atomic mass is 9.98. The molecular formula is C13H18N2O6S. The van der Waals surface area contributed by atoms with Gasteiger partial charge in [-0.15, -0.1) is 0 Å². The van der Waals surface area contributed by atoms with Crippen LogP contribution >= 0.6 is 0 Å². The van der Waals surface area contributed by atoms with Crippen LogP contribution in [0.3, 0.4) is 0 Å². The van der Waals surface area contributed by atoms with Crippen LogP contribution in [0.15, 0.2) is 15.4 Å². The summed E-state index contributed by atoms with van der Waals surface area (Å²) in [4.78, 5) is 22.5. The van der Waals surface area contributed by atoms with Gasteiger partial charge in [-0.2, -0.15) is 4.31 Å². The topological polar surface area (TPSA) is 120 Å². The summed E-state index contributed by atoms with van der Waals surface area (Å²) in [5.41, 5.74) is 5.24.